The number of anilines is 1. The monoisotopic (exact) mass is 300 g/mol. The summed E-state index contributed by atoms with van der Waals surface area (Å²) in [6.07, 6.45) is 2.92. The third kappa shape index (κ3) is 2.73. The van der Waals surface area contributed by atoms with Gasteiger partial charge in [0.05, 0.1) is 23.3 Å². The van der Waals surface area contributed by atoms with Gasteiger partial charge in [-0.25, -0.2) is 14.8 Å². The predicted molar refractivity (Wildman–Crippen MR) is 83.9 cm³/mol. The fraction of sp³-hybridized carbons (Fsp3) is 0.133. The van der Waals surface area contributed by atoms with Gasteiger partial charge < -0.3 is 5.32 Å². The van der Waals surface area contributed by atoms with Gasteiger partial charge in [0.2, 0.25) is 0 Å². The van der Waals surface area contributed by atoms with Gasteiger partial charge in [0.1, 0.15) is 5.82 Å². The second-order valence-electron chi connectivity index (χ2n) is 4.62. The molecule has 6 heteroatoms. The molecule has 0 atom stereocenters. The highest BCUT2D eigenvalue weighted by Gasteiger charge is 2.08. The van der Waals surface area contributed by atoms with Crippen molar-refractivity contribution < 1.29 is 0 Å². The number of para-hydroxylation sites is 1. The Hall–Kier alpha value is -2.40. The highest BCUT2D eigenvalue weighted by Crippen LogP contribution is 2.20. The molecule has 0 spiro atoms. The van der Waals surface area contributed by atoms with Crippen LogP contribution < -0.4 is 11.0 Å². The third-order valence-electron chi connectivity index (χ3n) is 3.20. The van der Waals surface area contributed by atoms with Gasteiger partial charge in [-0.2, -0.15) is 0 Å². The van der Waals surface area contributed by atoms with Gasteiger partial charge in [0, 0.05) is 24.2 Å². The van der Waals surface area contributed by atoms with Crippen LogP contribution in [-0.4, -0.2) is 21.6 Å². The molecule has 1 aromatic carbocycles. The first-order valence-electron chi connectivity index (χ1n) is 6.46. The molecule has 0 saturated carbocycles. The van der Waals surface area contributed by atoms with Gasteiger partial charge in [0.15, 0.2) is 0 Å². The van der Waals surface area contributed by atoms with E-state index in [9.17, 15) is 4.79 Å². The second-order valence-corrected chi connectivity index (χ2v) is 5.06. The van der Waals surface area contributed by atoms with Crippen LogP contribution in [0.3, 0.4) is 0 Å². The topological polar surface area (TPSA) is 59.8 Å². The van der Waals surface area contributed by atoms with E-state index >= 15 is 0 Å². The SMILES string of the molecule is CNc1nc2ccccc2cc1Cn1cc(Cl)cnc1=O. The van der Waals surface area contributed by atoms with E-state index in [0.717, 1.165) is 22.3 Å². The van der Waals surface area contributed by atoms with Crippen LogP contribution in [0.4, 0.5) is 5.82 Å². The van der Waals surface area contributed by atoms with E-state index in [0.29, 0.717) is 11.6 Å². The minimum Gasteiger partial charge on any atom is -0.373 e. The quantitative estimate of drug-likeness (QED) is 0.807. The Balaban J connectivity index is 2.10. The van der Waals surface area contributed by atoms with Crippen LogP contribution in [0.15, 0.2) is 47.5 Å². The minimum atomic E-state index is -0.338. The van der Waals surface area contributed by atoms with Crippen molar-refractivity contribution >= 4 is 28.3 Å². The number of rotatable bonds is 3. The standard InChI is InChI=1S/C15H13ClN4O/c1-17-14-11(6-10-4-2-3-5-13(10)19-14)8-20-9-12(16)7-18-15(20)21/h2-7,9H,8H2,1H3,(H,17,19). The molecule has 21 heavy (non-hydrogen) atoms. The first-order valence-corrected chi connectivity index (χ1v) is 6.83. The summed E-state index contributed by atoms with van der Waals surface area (Å²) in [6.45, 7) is 0.362. The normalized spacial score (nSPS) is 10.8. The Labute approximate surface area is 126 Å². The molecular formula is C15H13ClN4O. The number of benzene rings is 1. The molecule has 5 nitrogen and oxygen atoms in total. The average Bonchev–Trinajstić information content (AvgIpc) is 2.50. The van der Waals surface area contributed by atoms with E-state index in [2.05, 4.69) is 15.3 Å². The fourth-order valence-corrected chi connectivity index (χ4v) is 2.39. The summed E-state index contributed by atoms with van der Waals surface area (Å²) in [5, 5.41) is 4.51. The molecule has 0 fully saturated rings. The van der Waals surface area contributed by atoms with Crippen LogP contribution in [0.25, 0.3) is 10.9 Å². The summed E-state index contributed by atoms with van der Waals surface area (Å²) >= 11 is 5.90. The zero-order valence-corrected chi connectivity index (χ0v) is 12.1. The Morgan fingerprint density at radius 1 is 1.33 bits per heavy atom. The minimum absolute atomic E-state index is 0.338. The molecule has 2 heterocycles. The first kappa shape index (κ1) is 13.6. The predicted octanol–water partition coefficient (Wildman–Crippen LogP) is 2.53. The lowest BCUT2D eigenvalue weighted by molar-refractivity contribution is 0.727. The zero-order chi connectivity index (χ0) is 14.8. The van der Waals surface area contributed by atoms with Gasteiger partial charge in [0.25, 0.3) is 0 Å². The average molecular weight is 301 g/mol. The van der Waals surface area contributed by atoms with Crippen LogP contribution >= 0.6 is 11.6 Å². The van der Waals surface area contributed by atoms with E-state index in [1.807, 2.05) is 30.3 Å². The lowest BCUT2D eigenvalue weighted by atomic mass is 10.1. The Kier molecular flexibility index (Phi) is 3.58. The molecule has 0 aliphatic carbocycles. The molecule has 3 aromatic rings. The van der Waals surface area contributed by atoms with E-state index in [1.54, 1.807) is 13.2 Å². The summed E-state index contributed by atoms with van der Waals surface area (Å²) in [5.41, 5.74) is 1.47. The van der Waals surface area contributed by atoms with Crippen molar-refractivity contribution in [3.8, 4) is 0 Å². The molecule has 0 aliphatic heterocycles. The number of halogens is 1. The molecule has 106 valence electrons. The lowest BCUT2D eigenvalue weighted by Crippen LogP contribution is -2.23. The molecule has 0 bridgehead atoms. The van der Waals surface area contributed by atoms with Crippen molar-refractivity contribution in [2.45, 2.75) is 6.54 Å². The second kappa shape index (κ2) is 5.54. The number of hydrogen-bond donors (Lipinski definition) is 1. The van der Waals surface area contributed by atoms with Crippen molar-refractivity contribution in [1.82, 2.24) is 14.5 Å². The number of hydrogen-bond acceptors (Lipinski definition) is 4. The van der Waals surface area contributed by atoms with Crippen LogP contribution in [0.1, 0.15) is 5.56 Å². The molecule has 2 aromatic heterocycles. The summed E-state index contributed by atoms with van der Waals surface area (Å²) in [6, 6.07) is 9.86. The van der Waals surface area contributed by atoms with Gasteiger partial charge in [-0.05, 0) is 12.1 Å². The third-order valence-corrected chi connectivity index (χ3v) is 3.40. The highest BCUT2D eigenvalue weighted by molar-refractivity contribution is 6.30. The van der Waals surface area contributed by atoms with Crippen molar-refractivity contribution in [2.75, 3.05) is 12.4 Å². The fourth-order valence-electron chi connectivity index (χ4n) is 2.22. The van der Waals surface area contributed by atoms with E-state index in [1.165, 1.54) is 10.8 Å². The smallest absolute Gasteiger partial charge is 0.347 e. The summed E-state index contributed by atoms with van der Waals surface area (Å²) in [5.74, 6) is 0.737. The Bertz CT molecular complexity index is 860. The van der Waals surface area contributed by atoms with Crippen molar-refractivity contribution in [2.24, 2.45) is 0 Å². The van der Waals surface area contributed by atoms with Gasteiger partial charge in [-0.15, -0.1) is 0 Å². The maximum atomic E-state index is 11.8. The number of nitrogens with zero attached hydrogens (tertiary/aromatic N) is 3. The Morgan fingerprint density at radius 3 is 2.95 bits per heavy atom. The molecule has 0 radical (unpaired) electrons. The molecule has 0 amide bonds. The van der Waals surface area contributed by atoms with Crippen LogP contribution in [0.5, 0.6) is 0 Å². The zero-order valence-electron chi connectivity index (χ0n) is 11.4. The lowest BCUT2D eigenvalue weighted by Gasteiger charge is -2.11. The number of pyridine rings is 1. The maximum Gasteiger partial charge on any atom is 0.347 e. The van der Waals surface area contributed by atoms with Crippen molar-refractivity contribution in [3.05, 3.63) is 63.8 Å². The molecule has 0 unspecified atom stereocenters. The number of nitrogens with one attached hydrogen (secondary N) is 1. The van der Waals surface area contributed by atoms with Crippen molar-refractivity contribution in [3.63, 3.8) is 0 Å². The van der Waals surface area contributed by atoms with Crippen LogP contribution in [0.2, 0.25) is 5.02 Å². The van der Waals surface area contributed by atoms with Gasteiger partial charge >= 0.3 is 5.69 Å². The van der Waals surface area contributed by atoms with E-state index < -0.39 is 0 Å². The van der Waals surface area contributed by atoms with Gasteiger partial charge in [-0.3, -0.25) is 4.57 Å². The van der Waals surface area contributed by atoms with Crippen LogP contribution in [0, 0.1) is 0 Å². The molecule has 0 aliphatic rings. The maximum absolute atomic E-state index is 11.8. The number of fused-ring (bicyclic) bond motifs is 1. The van der Waals surface area contributed by atoms with E-state index in [-0.39, 0.29) is 5.69 Å². The molecule has 3 rings (SSSR count). The molecule has 0 saturated heterocycles. The van der Waals surface area contributed by atoms with Crippen molar-refractivity contribution in [1.29, 1.82) is 0 Å². The molecule has 1 N–H and O–H groups in total. The Morgan fingerprint density at radius 2 is 2.14 bits per heavy atom. The summed E-state index contributed by atoms with van der Waals surface area (Å²) in [4.78, 5) is 20.1. The van der Waals surface area contributed by atoms with Crippen LogP contribution in [-0.2, 0) is 6.54 Å². The molecular weight excluding hydrogens is 288 g/mol. The summed E-state index contributed by atoms with van der Waals surface area (Å²) < 4.78 is 1.47. The first-order chi connectivity index (χ1) is 10.2. The summed E-state index contributed by atoms with van der Waals surface area (Å²) in [7, 11) is 1.81. The largest absolute Gasteiger partial charge is 0.373 e. The van der Waals surface area contributed by atoms with Gasteiger partial charge in [-0.1, -0.05) is 29.8 Å². The van der Waals surface area contributed by atoms with E-state index in [4.69, 9.17) is 11.6 Å². The number of aromatic nitrogens is 3. The highest BCUT2D eigenvalue weighted by atomic mass is 35.5.